The summed E-state index contributed by atoms with van der Waals surface area (Å²) in [4.78, 5) is 11.2. The number of nitrogens with two attached hydrogens (primary N) is 1. The Labute approximate surface area is 113 Å². The molecule has 5 nitrogen and oxygen atoms in total. The molecule has 1 aromatic rings. The van der Waals surface area contributed by atoms with Crippen molar-refractivity contribution in [3.8, 4) is 5.75 Å². The van der Waals surface area contributed by atoms with Gasteiger partial charge in [-0.2, -0.15) is 0 Å². The highest BCUT2D eigenvalue weighted by molar-refractivity contribution is 5.94. The molecule has 0 bridgehead atoms. The molecular weight excluding hydrogens is 244 g/mol. The summed E-state index contributed by atoms with van der Waals surface area (Å²) in [5.41, 5.74) is 6.60. The molecular formula is C14H20N2O3. The number of hydrogen-bond acceptors (Lipinski definition) is 4. The van der Waals surface area contributed by atoms with Crippen LogP contribution in [0.4, 0.5) is 5.69 Å². The third-order valence-electron chi connectivity index (χ3n) is 3.30. The number of rotatable bonds is 4. The maximum atomic E-state index is 11.2. The summed E-state index contributed by atoms with van der Waals surface area (Å²) in [6.07, 6.45) is 3.03. The van der Waals surface area contributed by atoms with Gasteiger partial charge in [-0.25, -0.2) is 0 Å². The Balaban J connectivity index is 2.16. The van der Waals surface area contributed by atoms with Crippen LogP contribution in [0.3, 0.4) is 0 Å². The number of carbonyl (C=O) groups is 1. The molecule has 2 rings (SSSR count). The van der Waals surface area contributed by atoms with Crippen LogP contribution in [0, 0.1) is 0 Å². The second-order valence-corrected chi connectivity index (χ2v) is 4.66. The lowest BCUT2D eigenvalue weighted by Gasteiger charge is -2.19. The highest BCUT2D eigenvalue weighted by Gasteiger charge is 2.15. The Bertz CT molecular complexity index is 440. The van der Waals surface area contributed by atoms with Crippen molar-refractivity contribution >= 4 is 11.6 Å². The highest BCUT2D eigenvalue weighted by atomic mass is 16.5. The Morgan fingerprint density at radius 2 is 2.26 bits per heavy atom. The standard InChI is InChI=1S/C14H20N2O3/c1-18-13-5-4-10(14(15)17)9-12(13)16-11-3-2-7-19-8-6-11/h4-5,9,11,16H,2-3,6-8H2,1H3,(H2,15,17). The number of primary amides is 1. The van der Waals surface area contributed by atoms with Gasteiger partial charge in [-0.1, -0.05) is 0 Å². The quantitative estimate of drug-likeness (QED) is 0.869. The number of hydrogen-bond donors (Lipinski definition) is 2. The van der Waals surface area contributed by atoms with Crippen LogP contribution in [0.2, 0.25) is 0 Å². The van der Waals surface area contributed by atoms with Gasteiger partial charge in [0.05, 0.1) is 12.8 Å². The summed E-state index contributed by atoms with van der Waals surface area (Å²) in [5, 5.41) is 3.42. The van der Waals surface area contributed by atoms with Crippen molar-refractivity contribution in [3.63, 3.8) is 0 Å². The van der Waals surface area contributed by atoms with Gasteiger partial charge in [-0.3, -0.25) is 4.79 Å². The maximum Gasteiger partial charge on any atom is 0.248 e. The lowest BCUT2D eigenvalue weighted by Crippen LogP contribution is -2.20. The van der Waals surface area contributed by atoms with Gasteiger partial charge in [0.2, 0.25) is 5.91 Å². The fraction of sp³-hybridized carbons (Fsp3) is 0.500. The first-order valence-electron chi connectivity index (χ1n) is 6.53. The zero-order chi connectivity index (χ0) is 13.7. The number of methoxy groups -OCH3 is 1. The number of nitrogens with one attached hydrogen (secondary N) is 1. The van der Waals surface area contributed by atoms with E-state index in [1.807, 2.05) is 0 Å². The zero-order valence-corrected chi connectivity index (χ0v) is 11.1. The van der Waals surface area contributed by atoms with Crippen molar-refractivity contribution in [2.75, 3.05) is 25.6 Å². The zero-order valence-electron chi connectivity index (χ0n) is 11.1. The van der Waals surface area contributed by atoms with E-state index in [-0.39, 0.29) is 0 Å². The average Bonchev–Trinajstić information content (AvgIpc) is 2.67. The van der Waals surface area contributed by atoms with Gasteiger partial charge in [0.15, 0.2) is 0 Å². The normalized spacial score (nSPS) is 19.5. The molecule has 1 atom stereocenters. The molecule has 5 heteroatoms. The molecule has 0 radical (unpaired) electrons. The summed E-state index contributed by atoms with van der Waals surface area (Å²) in [6.45, 7) is 1.58. The van der Waals surface area contributed by atoms with Crippen LogP contribution >= 0.6 is 0 Å². The molecule has 1 fully saturated rings. The summed E-state index contributed by atoms with van der Waals surface area (Å²) in [7, 11) is 1.61. The van der Waals surface area contributed by atoms with E-state index in [9.17, 15) is 4.79 Å². The van der Waals surface area contributed by atoms with E-state index in [1.54, 1.807) is 25.3 Å². The van der Waals surface area contributed by atoms with Gasteiger partial charge >= 0.3 is 0 Å². The van der Waals surface area contributed by atoms with Crippen molar-refractivity contribution in [3.05, 3.63) is 23.8 Å². The van der Waals surface area contributed by atoms with E-state index in [2.05, 4.69) is 5.32 Å². The van der Waals surface area contributed by atoms with Crippen molar-refractivity contribution in [1.29, 1.82) is 0 Å². The number of benzene rings is 1. The fourth-order valence-electron chi connectivity index (χ4n) is 2.24. The van der Waals surface area contributed by atoms with Crippen LogP contribution in [0.25, 0.3) is 0 Å². The van der Waals surface area contributed by atoms with Gasteiger partial charge in [0.25, 0.3) is 0 Å². The Morgan fingerprint density at radius 1 is 1.42 bits per heavy atom. The van der Waals surface area contributed by atoms with E-state index in [0.717, 1.165) is 43.9 Å². The predicted molar refractivity (Wildman–Crippen MR) is 73.6 cm³/mol. The highest BCUT2D eigenvalue weighted by Crippen LogP contribution is 2.27. The number of anilines is 1. The largest absolute Gasteiger partial charge is 0.495 e. The molecule has 0 spiro atoms. The van der Waals surface area contributed by atoms with Crippen molar-refractivity contribution < 1.29 is 14.3 Å². The lowest BCUT2D eigenvalue weighted by atomic mass is 10.1. The van der Waals surface area contributed by atoms with E-state index in [1.165, 1.54) is 0 Å². The molecule has 1 saturated heterocycles. The molecule has 1 heterocycles. The van der Waals surface area contributed by atoms with E-state index < -0.39 is 5.91 Å². The van der Waals surface area contributed by atoms with Gasteiger partial charge in [-0.05, 0) is 37.5 Å². The lowest BCUT2D eigenvalue weighted by molar-refractivity contribution is 0.100. The Hall–Kier alpha value is -1.75. The van der Waals surface area contributed by atoms with Crippen molar-refractivity contribution in [2.24, 2.45) is 5.73 Å². The van der Waals surface area contributed by atoms with E-state index in [4.69, 9.17) is 15.2 Å². The van der Waals surface area contributed by atoms with Crippen LogP contribution in [0.5, 0.6) is 5.75 Å². The molecule has 1 amide bonds. The molecule has 1 aliphatic heterocycles. The fourth-order valence-corrected chi connectivity index (χ4v) is 2.24. The summed E-state index contributed by atoms with van der Waals surface area (Å²) < 4.78 is 10.7. The van der Waals surface area contributed by atoms with E-state index in [0.29, 0.717) is 11.6 Å². The summed E-state index contributed by atoms with van der Waals surface area (Å²) in [5.74, 6) is 0.282. The smallest absolute Gasteiger partial charge is 0.248 e. The van der Waals surface area contributed by atoms with Gasteiger partial charge in [0.1, 0.15) is 5.75 Å². The van der Waals surface area contributed by atoms with Gasteiger partial charge in [-0.15, -0.1) is 0 Å². The molecule has 104 valence electrons. The van der Waals surface area contributed by atoms with Crippen LogP contribution < -0.4 is 15.8 Å². The first-order valence-corrected chi connectivity index (χ1v) is 6.53. The van der Waals surface area contributed by atoms with Crippen LogP contribution in [0.1, 0.15) is 29.6 Å². The monoisotopic (exact) mass is 264 g/mol. The van der Waals surface area contributed by atoms with Crippen LogP contribution in [-0.4, -0.2) is 32.3 Å². The van der Waals surface area contributed by atoms with E-state index >= 15 is 0 Å². The predicted octanol–water partition coefficient (Wildman–Crippen LogP) is 1.78. The molecule has 0 aromatic heterocycles. The third kappa shape index (κ3) is 3.61. The Kier molecular flexibility index (Phi) is 4.63. The number of amides is 1. The summed E-state index contributed by atoms with van der Waals surface area (Å²) in [6, 6.07) is 5.50. The first kappa shape index (κ1) is 13.7. The SMILES string of the molecule is COc1ccc(C(N)=O)cc1NC1CCCOCC1. The molecule has 0 saturated carbocycles. The average molecular weight is 264 g/mol. The minimum absolute atomic E-state index is 0.333. The number of ether oxygens (including phenoxy) is 2. The van der Waals surface area contributed by atoms with Gasteiger partial charge < -0.3 is 20.5 Å². The summed E-state index contributed by atoms with van der Waals surface area (Å²) >= 11 is 0. The van der Waals surface area contributed by atoms with Gasteiger partial charge in [0, 0.05) is 24.8 Å². The van der Waals surface area contributed by atoms with Crippen molar-refractivity contribution in [1.82, 2.24) is 0 Å². The minimum Gasteiger partial charge on any atom is -0.495 e. The molecule has 3 N–H and O–H groups in total. The first-order chi connectivity index (χ1) is 9.20. The third-order valence-corrected chi connectivity index (χ3v) is 3.30. The molecule has 1 aromatic carbocycles. The minimum atomic E-state index is -0.435. The molecule has 1 aliphatic rings. The van der Waals surface area contributed by atoms with Crippen LogP contribution in [-0.2, 0) is 4.74 Å². The second-order valence-electron chi connectivity index (χ2n) is 4.66. The maximum absolute atomic E-state index is 11.2. The number of carbonyl (C=O) groups excluding carboxylic acids is 1. The van der Waals surface area contributed by atoms with Crippen molar-refractivity contribution in [2.45, 2.75) is 25.3 Å². The molecule has 0 aliphatic carbocycles. The molecule has 19 heavy (non-hydrogen) atoms. The van der Waals surface area contributed by atoms with Crippen LogP contribution in [0.15, 0.2) is 18.2 Å². The second kappa shape index (κ2) is 6.43. The molecule has 1 unspecified atom stereocenters. The topological polar surface area (TPSA) is 73.6 Å². The Morgan fingerprint density at radius 3 is 3.00 bits per heavy atom.